The van der Waals surface area contributed by atoms with E-state index in [2.05, 4.69) is 23.3 Å². The topological polar surface area (TPSA) is 87.7 Å². The van der Waals surface area contributed by atoms with E-state index < -0.39 is 23.8 Å². The smallest absolute Gasteiger partial charge is 0.408 e. The number of rotatable bonds is 8. The van der Waals surface area contributed by atoms with E-state index in [4.69, 9.17) is 4.74 Å². The third kappa shape index (κ3) is 7.45. The molecule has 2 atom stereocenters. The Kier molecular flexibility index (Phi) is 8.40. The fraction of sp³-hybridized carbons (Fsp3) is 0.609. The Balaban J connectivity index is 2.35. The van der Waals surface area contributed by atoms with Gasteiger partial charge >= 0.3 is 6.09 Å². The highest BCUT2D eigenvalue weighted by Crippen LogP contribution is 2.35. The van der Waals surface area contributed by atoms with Gasteiger partial charge in [-0.05, 0) is 59.9 Å². The zero-order valence-electron chi connectivity index (χ0n) is 19.3. The van der Waals surface area contributed by atoms with Crippen LogP contribution in [0.4, 0.5) is 4.79 Å². The average molecular weight is 450 g/mol. The lowest BCUT2D eigenvalue weighted by Crippen LogP contribution is -2.54. The molecule has 31 heavy (non-hydrogen) atoms. The predicted molar refractivity (Wildman–Crippen MR) is 124 cm³/mol. The molecule has 1 aromatic rings. The van der Waals surface area contributed by atoms with E-state index in [9.17, 15) is 14.4 Å². The lowest BCUT2D eigenvalue weighted by molar-refractivity contribution is -0.143. The van der Waals surface area contributed by atoms with Crippen molar-refractivity contribution >= 4 is 30.5 Å². The van der Waals surface area contributed by atoms with Crippen LogP contribution in [0, 0.1) is 6.92 Å². The quantitative estimate of drug-likeness (QED) is 0.531. The molecule has 1 aromatic carbocycles. The molecule has 1 aliphatic carbocycles. The molecule has 0 bridgehead atoms. The van der Waals surface area contributed by atoms with Crippen LogP contribution in [0.25, 0.3) is 0 Å². The van der Waals surface area contributed by atoms with Crippen LogP contribution in [-0.2, 0) is 14.3 Å². The van der Waals surface area contributed by atoms with Crippen LogP contribution in [0.1, 0.15) is 64.6 Å². The van der Waals surface area contributed by atoms with E-state index >= 15 is 0 Å². The number of hydrogen-bond donors (Lipinski definition) is 3. The number of hydrogen-bond acceptors (Lipinski definition) is 5. The Hall–Kier alpha value is -2.22. The lowest BCUT2D eigenvalue weighted by Gasteiger charge is -2.34. The Morgan fingerprint density at radius 2 is 1.71 bits per heavy atom. The lowest BCUT2D eigenvalue weighted by atomic mass is 10.0. The SMILES string of the molecule is Cc1ccc(C(C(=O)NC(C)C)N(C(=O)C(CS)NC(=O)OC(C)(C)C)C2CC2)cc1. The van der Waals surface area contributed by atoms with Crippen LogP contribution >= 0.6 is 12.6 Å². The highest BCUT2D eigenvalue weighted by Gasteiger charge is 2.43. The summed E-state index contributed by atoms with van der Waals surface area (Å²) in [5.74, 6) is -0.490. The van der Waals surface area contributed by atoms with Crippen LogP contribution in [0.5, 0.6) is 0 Å². The maximum Gasteiger partial charge on any atom is 0.408 e. The minimum Gasteiger partial charge on any atom is -0.444 e. The Morgan fingerprint density at radius 1 is 1.13 bits per heavy atom. The van der Waals surface area contributed by atoms with Gasteiger partial charge in [-0.25, -0.2) is 4.79 Å². The molecule has 0 radical (unpaired) electrons. The molecule has 7 nitrogen and oxygen atoms in total. The van der Waals surface area contributed by atoms with E-state index in [1.54, 1.807) is 25.7 Å². The van der Waals surface area contributed by atoms with Crippen molar-refractivity contribution in [3.05, 3.63) is 35.4 Å². The second kappa shape index (κ2) is 10.4. The number of nitrogens with one attached hydrogen (secondary N) is 2. The number of alkyl carbamates (subject to hydrolysis) is 1. The second-order valence-electron chi connectivity index (χ2n) is 9.33. The fourth-order valence-electron chi connectivity index (χ4n) is 3.24. The molecule has 0 aliphatic heterocycles. The average Bonchev–Trinajstić information content (AvgIpc) is 3.47. The van der Waals surface area contributed by atoms with Gasteiger partial charge in [-0.15, -0.1) is 0 Å². The van der Waals surface area contributed by atoms with E-state index in [0.29, 0.717) is 0 Å². The number of aryl methyl sites for hydroxylation is 1. The monoisotopic (exact) mass is 449 g/mol. The summed E-state index contributed by atoms with van der Waals surface area (Å²) in [7, 11) is 0. The maximum absolute atomic E-state index is 13.6. The van der Waals surface area contributed by atoms with Crippen molar-refractivity contribution in [3.8, 4) is 0 Å². The minimum absolute atomic E-state index is 0.0560. The molecule has 0 saturated heterocycles. The zero-order chi connectivity index (χ0) is 23.3. The summed E-state index contributed by atoms with van der Waals surface area (Å²) in [4.78, 5) is 40.6. The molecular weight excluding hydrogens is 414 g/mol. The summed E-state index contributed by atoms with van der Waals surface area (Å²) in [6.07, 6.45) is 0.943. The van der Waals surface area contributed by atoms with Gasteiger partial charge in [-0.2, -0.15) is 12.6 Å². The van der Waals surface area contributed by atoms with Gasteiger partial charge in [0.2, 0.25) is 11.8 Å². The highest BCUT2D eigenvalue weighted by atomic mass is 32.1. The molecule has 2 N–H and O–H groups in total. The van der Waals surface area contributed by atoms with Gasteiger partial charge in [-0.1, -0.05) is 29.8 Å². The van der Waals surface area contributed by atoms with Gasteiger partial charge < -0.3 is 20.3 Å². The van der Waals surface area contributed by atoms with Crippen LogP contribution in [0.2, 0.25) is 0 Å². The minimum atomic E-state index is -0.904. The van der Waals surface area contributed by atoms with Crippen molar-refractivity contribution in [1.29, 1.82) is 0 Å². The molecule has 1 fully saturated rings. The molecule has 2 rings (SSSR count). The largest absolute Gasteiger partial charge is 0.444 e. The molecule has 2 unspecified atom stereocenters. The van der Waals surface area contributed by atoms with Crippen LogP contribution in [-0.4, -0.2) is 52.3 Å². The number of benzene rings is 1. The third-order valence-electron chi connectivity index (χ3n) is 4.72. The molecular formula is C23H35N3O4S. The summed E-state index contributed by atoms with van der Waals surface area (Å²) >= 11 is 4.28. The van der Waals surface area contributed by atoms with Crippen LogP contribution in [0.3, 0.4) is 0 Å². The zero-order valence-corrected chi connectivity index (χ0v) is 20.2. The van der Waals surface area contributed by atoms with E-state index in [0.717, 1.165) is 24.0 Å². The fourth-order valence-corrected chi connectivity index (χ4v) is 3.48. The summed E-state index contributed by atoms with van der Waals surface area (Å²) in [6, 6.07) is 5.78. The number of nitrogens with zero attached hydrogens (tertiary/aromatic N) is 1. The molecule has 0 aromatic heterocycles. The predicted octanol–water partition coefficient (Wildman–Crippen LogP) is 3.37. The Morgan fingerprint density at radius 3 is 2.16 bits per heavy atom. The summed E-state index contributed by atoms with van der Waals surface area (Å²) in [6.45, 7) is 11.0. The first-order valence-corrected chi connectivity index (χ1v) is 11.4. The summed E-state index contributed by atoms with van der Waals surface area (Å²) in [5.41, 5.74) is 1.11. The van der Waals surface area contributed by atoms with Crippen molar-refractivity contribution in [2.45, 2.75) is 84.2 Å². The highest BCUT2D eigenvalue weighted by molar-refractivity contribution is 7.80. The number of carbonyl (C=O) groups excluding carboxylic acids is 3. The van der Waals surface area contributed by atoms with Gasteiger partial charge in [0.1, 0.15) is 17.7 Å². The van der Waals surface area contributed by atoms with E-state index in [1.165, 1.54) is 0 Å². The molecule has 1 aliphatic rings. The first-order chi connectivity index (χ1) is 14.4. The van der Waals surface area contributed by atoms with Crippen molar-refractivity contribution in [2.75, 3.05) is 5.75 Å². The number of thiol groups is 1. The maximum atomic E-state index is 13.6. The summed E-state index contributed by atoms with van der Waals surface area (Å²) in [5, 5.41) is 5.56. The molecule has 8 heteroatoms. The molecule has 172 valence electrons. The van der Waals surface area contributed by atoms with Crippen molar-refractivity contribution < 1.29 is 19.1 Å². The molecule has 0 spiro atoms. The van der Waals surface area contributed by atoms with Gasteiger partial charge in [0.05, 0.1) is 0 Å². The van der Waals surface area contributed by atoms with Gasteiger partial charge in [0.15, 0.2) is 0 Å². The molecule has 3 amide bonds. The van der Waals surface area contributed by atoms with Crippen LogP contribution < -0.4 is 10.6 Å². The Bertz CT molecular complexity index is 785. The van der Waals surface area contributed by atoms with E-state index in [-0.39, 0.29) is 29.7 Å². The van der Waals surface area contributed by atoms with Crippen molar-refractivity contribution in [3.63, 3.8) is 0 Å². The van der Waals surface area contributed by atoms with Crippen molar-refractivity contribution in [2.24, 2.45) is 0 Å². The second-order valence-corrected chi connectivity index (χ2v) is 9.70. The van der Waals surface area contributed by atoms with Gasteiger partial charge in [0, 0.05) is 17.8 Å². The Labute approximate surface area is 190 Å². The van der Waals surface area contributed by atoms with Crippen LogP contribution in [0.15, 0.2) is 24.3 Å². The summed E-state index contributed by atoms with van der Waals surface area (Å²) < 4.78 is 5.30. The first kappa shape index (κ1) is 25.0. The third-order valence-corrected chi connectivity index (χ3v) is 5.08. The normalized spacial score (nSPS) is 15.7. The number of carbonyl (C=O) groups is 3. The van der Waals surface area contributed by atoms with Gasteiger partial charge in [-0.3, -0.25) is 9.59 Å². The van der Waals surface area contributed by atoms with Crippen molar-refractivity contribution in [1.82, 2.24) is 15.5 Å². The number of ether oxygens (including phenoxy) is 1. The standard InChI is InChI=1S/C23H35N3O4S/c1-14(2)24-20(27)19(16-9-7-15(3)8-10-16)26(17-11-12-17)21(28)18(13-31)25-22(29)30-23(4,5)6/h7-10,14,17-19,31H,11-13H2,1-6H3,(H,24,27)(H,25,29). The molecule has 1 saturated carbocycles. The molecule has 0 heterocycles. The number of amides is 3. The van der Waals surface area contributed by atoms with Gasteiger partial charge in [0.25, 0.3) is 0 Å². The first-order valence-electron chi connectivity index (χ1n) is 10.7. The van der Waals surface area contributed by atoms with E-state index in [1.807, 2.05) is 45.0 Å².